The van der Waals surface area contributed by atoms with Crippen LogP contribution < -0.4 is 16.6 Å². The molecular formula is C23H23N5O2. The molecule has 0 unspecified atom stereocenters. The Balaban J connectivity index is 1.56. The normalized spacial score (nSPS) is 11.1. The first-order chi connectivity index (χ1) is 14.6. The Bertz CT molecular complexity index is 1260. The second-order valence-electron chi connectivity index (χ2n) is 7.18. The first-order valence-electron chi connectivity index (χ1n) is 9.86. The number of nitrogens with zero attached hydrogens (tertiary/aromatic N) is 4. The molecule has 0 atom stereocenters. The SMILES string of the molecule is Cn1c(=O)n(Cc2ccccc2)c(=O)c2cc(CNCCc3ccccn3)cnc21. The molecule has 3 heterocycles. The lowest BCUT2D eigenvalue weighted by Crippen LogP contribution is -2.39. The van der Waals surface area contributed by atoms with Crippen LogP contribution >= 0.6 is 0 Å². The minimum absolute atomic E-state index is 0.231. The summed E-state index contributed by atoms with van der Waals surface area (Å²) in [6.07, 6.45) is 4.31. The quantitative estimate of drug-likeness (QED) is 0.478. The Kier molecular flexibility index (Phi) is 5.81. The number of aromatic nitrogens is 4. The highest BCUT2D eigenvalue weighted by atomic mass is 16.2. The second-order valence-corrected chi connectivity index (χ2v) is 7.18. The fraction of sp³-hybridized carbons (Fsp3) is 0.217. The highest BCUT2D eigenvalue weighted by molar-refractivity contribution is 5.74. The van der Waals surface area contributed by atoms with Gasteiger partial charge in [0, 0.05) is 44.6 Å². The third kappa shape index (κ3) is 4.21. The van der Waals surface area contributed by atoms with E-state index in [0.29, 0.717) is 17.6 Å². The van der Waals surface area contributed by atoms with Crippen LogP contribution in [0.1, 0.15) is 16.8 Å². The van der Waals surface area contributed by atoms with Gasteiger partial charge in [-0.3, -0.25) is 18.9 Å². The van der Waals surface area contributed by atoms with Gasteiger partial charge in [-0.15, -0.1) is 0 Å². The van der Waals surface area contributed by atoms with Crippen LogP contribution in [0.3, 0.4) is 0 Å². The molecule has 30 heavy (non-hydrogen) atoms. The molecule has 0 saturated carbocycles. The molecule has 4 aromatic rings. The summed E-state index contributed by atoms with van der Waals surface area (Å²) in [5, 5.41) is 3.80. The highest BCUT2D eigenvalue weighted by Gasteiger charge is 2.13. The lowest BCUT2D eigenvalue weighted by atomic mass is 10.2. The molecule has 7 heteroatoms. The van der Waals surface area contributed by atoms with Crippen LogP contribution in [0.4, 0.5) is 0 Å². The van der Waals surface area contributed by atoms with Gasteiger partial charge in [0.2, 0.25) is 0 Å². The van der Waals surface area contributed by atoms with Crippen molar-refractivity contribution in [2.45, 2.75) is 19.5 Å². The van der Waals surface area contributed by atoms with Crippen molar-refractivity contribution in [3.63, 3.8) is 0 Å². The molecule has 0 aliphatic carbocycles. The van der Waals surface area contributed by atoms with Gasteiger partial charge in [-0.05, 0) is 29.3 Å². The van der Waals surface area contributed by atoms with E-state index in [4.69, 9.17) is 0 Å². The summed E-state index contributed by atoms with van der Waals surface area (Å²) >= 11 is 0. The molecule has 0 aliphatic rings. The number of rotatable bonds is 7. The van der Waals surface area contributed by atoms with Crippen molar-refractivity contribution in [1.82, 2.24) is 24.4 Å². The van der Waals surface area contributed by atoms with E-state index in [1.54, 1.807) is 19.4 Å². The molecule has 0 radical (unpaired) electrons. The number of pyridine rings is 2. The average Bonchev–Trinajstić information content (AvgIpc) is 2.79. The van der Waals surface area contributed by atoms with E-state index in [9.17, 15) is 9.59 Å². The molecule has 0 fully saturated rings. The van der Waals surface area contributed by atoms with Gasteiger partial charge < -0.3 is 5.32 Å². The fourth-order valence-electron chi connectivity index (χ4n) is 3.43. The summed E-state index contributed by atoms with van der Waals surface area (Å²) in [5.41, 5.74) is 2.53. The van der Waals surface area contributed by atoms with Gasteiger partial charge in [0.25, 0.3) is 5.56 Å². The zero-order chi connectivity index (χ0) is 20.9. The predicted molar refractivity (Wildman–Crippen MR) is 116 cm³/mol. The van der Waals surface area contributed by atoms with E-state index in [1.807, 2.05) is 54.6 Å². The van der Waals surface area contributed by atoms with Crippen LogP contribution in [0, 0.1) is 0 Å². The number of benzene rings is 1. The first kappa shape index (κ1) is 19.7. The molecule has 0 aliphatic heterocycles. The van der Waals surface area contributed by atoms with Crippen LogP contribution in [-0.2, 0) is 26.6 Å². The molecule has 1 aromatic carbocycles. The largest absolute Gasteiger partial charge is 0.332 e. The number of hydrogen-bond acceptors (Lipinski definition) is 5. The zero-order valence-corrected chi connectivity index (χ0v) is 16.8. The predicted octanol–water partition coefficient (Wildman–Crippen LogP) is 1.87. The third-order valence-electron chi connectivity index (χ3n) is 5.03. The maximum Gasteiger partial charge on any atom is 0.332 e. The van der Waals surface area contributed by atoms with E-state index in [2.05, 4.69) is 15.3 Å². The standard InChI is InChI=1S/C23H23N5O2/c1-27-21-20(22(29)28(23(27)30)16-17-7-3-2-4-8-17)13-18(15-26-21)14-24-12-10-19-9-5-6-11-25-19/h2-9,11,13,15,24H,10,12,14,16H2,1H3. The molecule has 0 saturated heterocycles. The van der Waals surface area contributed by atoms with Crippen molar-refractivity contribution in [3.8, 4) is 0 Å². The minimum Gasteiger partial charge on any atom is -0.312 e. The Morgan fingerprint density at radius 2 is 1.77 bits per heavy atom. The summed E-state index contributed by atoms with van der Waals surface area (Å²) in [6, 6.07) is 17.2. The molecule has 0 spiro atoms. The monoisotopic (exact) mass is 401 g/mol. The number of fused-ring (bicyclic) bond motifs is 1. The Hall–Kier alpha value is -3.58. The first-order valence-corrected chi connectivity index (χ1v) is 9.86. The van der Waals surface area contributed by atoms with Gasteiger partial charge in [-0.1, -0.05) is 36.4 Å². The van der Waals surface area contributed by atoms with Crippen molar-refractivity contribution in [1.29, 1.82) is 0 Å². The number of nitrogens with one attached hydrogen (secondary N) is 1. The Morgan fingerprint density at radius 1 is 0.967 bits per heavy atom. The van der Waals surface area contributed by atoms with E-state index in [1.165, 1.54) is 9.13 Å². The summed E-state index contributed by atoms with van der Waals surface area (Å²) in [5.74, 6) is 0. The molecule has 0 bridgehead atoms. The maximum atomic E-state index is 13.1. The van der Waals surface area contributed by atoms with Crippen LogP contribution in [0.2, 0.25) is 0 Å². The van der Waals surface area contributed by atoms with E-state index < -0.39 is 0 Å². The smallest absolute Gasteiger partial charge is 0.312 e. The van der Waals surface area contributed by atoms with Crippen LogP contribution in [0.25, 0.3) is 11.0 Å². The van der Waals surface area contributed by atoms with Crippen molar-refractivity contribution in [2.75, 3.05) is 6.54 Å². The van der Waals surface area contributed by atoms with Crippen molar-refractivity contribution < 1.29 is 0 Å². The molecular weight excluding hydrogens is 378 g/mol. The van der Waals surface area contributed by atoms with Crippen LogP contribution in [0.5, 0.6) is 0 Å². The minimum atomic E-state index is -0.370. The van der Waals surface area contributed by atoms with Crippen LogP contribution in [0.15, 0.2) is 76.6 Å². The number of hydrogen-bond donors (Lipinski definition) is 1. The summed E-state index contributed by atoms with van der Waals surface area (Å²) < 4.78 is 2.69. The van der Waals surface area contributed by atoms with Crippen LogP contribution in [-0.4, -0.2) is 25.6 Å². The van der Waals surface area contributed by atoms with E-state index in [-0.39, 0.29) is 17.8 Å². The lowest BCUT2D eigenvalue weighted by molar-refractivity contribution is 0.654. The van der Waals surface area contributed by atoms with Gasteiger partial charge in [0.15, 0.2) is 0 Å². The highest BCUT2D eigenvalue weighted by Crippen LogP contribution is 2.08. The van der Waals surface area contributed by atoms with Gasteiger partial charge in [0.05, 0.1) is 11.9 Å². The molecule has 1 N–H and O–H groups in total. The van der Waals surface area contributed by atoms with Crippen molar-refractivity contribution in [3.05, 3.63) is 105 Å². The molecule has 3 aromatic heterocycles. The summed E-state index contributed by atoms with van der Waals surface area (Å²) in [7, 11) is 1.64. The van der Waals surface area contributed by atoms with E-state index in [0.717, 1.165) is 29.8 Å². The zero-order valence-electron chi connectivity index (χ0n) is 16.8. The lowest BCUT2D eigenvalue weighted by Gasteiger charge is -2.11. The van der Waals surface area contributed by atoms with Gasteiger partial charge in [-0.2, -0.15) is 0 Å². The Labute approximate surface area is 173 Å². The summed E-state index contributed by atoms with van der Waals surface area (Å²) in [6.45, 7) is 1.58. The Morgan fingerprint density at radius 3 is 2.53 bits per heavy atom. The van der Waals surface area contributed by atoms with Gasteiger partial charge >= 0.3 is 5.69 Å². The second kappa shape index (κ2) is 8.84. The van der Waals surface area contributed by atoms with Gasteiger partial charge in [0.1, 0.15) is 5.65 Å². The van der Waals surface area contributed by atoms with Crippen molar-refractivity contribution >= 4 is 11.0 Å². The molecule has 7 nitrogen and oxygen atoms in total. The summed E-state index contributed by atoms with van der Waals surface area (Å²) in [4.78, 5) is 34.5. The maximum absolute atomic E-state index is 13.1. The van der Waals surface area contributed by atoms with Gasteiger partial charge in [-0.25, -0.2) is 9.78 Å². The fourth-order valence-corrected chi connectivity index (χ4v) is 3.43. The van der Waals surface area contributed by atoms with E-state index >= 15 is 0 Å². The number of aryl methyl sites for hydroxylation is 1. The van der Waals surface area contributed by atoms with Crippen molar-refractivity contribution in [2.24, 2.45) is 7.05 Å². The molecule has 0 amide bonds. The third-order valence-corrected chi connectivity index (χ3v) is 5.03. The molecule has 152 valence electrons. The topological polar surface area (TPSA) is 81.8 Å². The molecule has 4 rings (SSSR count). The average molecular weight is 401 g/mol.